The average molecular weight is 359 g/mol. The van der Waals surface area contributed by atoms with Gasteiger partial charge in [0.25, 0.3) is 0 Å². The fourth-order valence-electron chi connectivity index (χ4n) is 2.30. The number of hydrogen-bond donors (Lipinski definition) is 1. The predicted octanol–water partition coefficient (Wildman–Crippen LogP) is 1.24. The topological polar surface area (TPSA) is 116 Å². The lowest BCUT2D eigenvalue weighted by Gasteiger charge is -2.51. The Morgan fingerprint density at radius 3 is 2.71 bits per heavy atom. The minimum atomic E-state index is -0.988. The first-order valence-electron chi connectivity index (χ1n) is 6.32. The van der Waals surface area contributed by atoms with Crippen molar-refractivity contribution in [3.8, 4) is 0 Å². The van der Waals surface area contributed by atoms with Gasteiger partial charge in [0.2, 0.25) is 5.91 Å². The number of aliphatic hydroxyl groups is 1. The Labute approximate surface area is 129 Å². The smallest absolute Gasteiger partial charge is 0.355 e. The van der Waals surface area contributed by atoms with E-state index in [2.05, 4.69) is 26.0 Å². The Morgan fingerprint density at radius 2 is 2.19 bits per heavy atom. The van der Waals surface area contributed by atoms with Crippen LogP contribution in [0.4, 0.5) is 0 Å². The van der Waals surface area contributed by atoms with Gasteiger partial charge < -0.3 is 14.7 Å². The van der Waals surface area contributed by atoms with Crippen LogP contribution in [-0.2, 0) is 14.3 Å². The summed E-state index contributed by atoms with van der Waals surface area (Å²) in [5, 5.41) is 13.4. The molecule has 8 nitrogen and oxygen atoms in total. The Kier molecular flexibility index (Phi) is 4.01. The normalized spacial score (nSPS) is 31.6. The van der Waals surface area contributed by atoms with Crippen molar-refractivity contribution < 1.29 is 19.4 Å². The van der Waals surface area contributed by atoms with Crippen molar-refractivity contribution in [1.29, 1.82) is 0 Å². The summed E-state index contributed by atoms with van der Waals surface area (Å²) in [6, 6.07) is -1.53. The van der Waals surface area contributed by atoms with Gasteiger partial charge in [-0.1, -0.05) is 21.0 Å². The third-order valence-corrected chi connectivity index (χ3v) is 4.22. The molecule has 1 saturated heterocycles. The maximum absolute atomic E-state index is 12.2. The minimum Gasteiger partial charge on any atom is -0.455 e. The molecule has 2 aliphatic rings. The number of alkyl halides is 1. The van der Waals surface area contributed by atoms with Gasteiger partial charge in [-0.3, -0.25) is 4.79 Å². The number of hydrogen-bond acceptors (Lipinski definition) is 5. The van der Waals surface area contributed by atoms with Gasteiger partial charge in [0.15, 0.2) is 0 Å². The number of nitrogens with zero attached hydrogens (tertiary/aromatic N) is 4. The number of azide groups is 1. The van der Waals surface area contributed by atoms with E-state index in [1.54, 1.807) is 20.8 Å². The van der Waals surface area contributed by atoms with Crippen LogP contribution in [-0.4, -0.2) is 50.5 Å². The second-order valence-corrected chi connectivity index (χ2v) is 6.89. The number of ether oxygens (including phenoxy) is 1. The van der Waals surface area contributed by atoms with Gasteiger partial charge >= 0.3 is 5.97 Å². The largest absolute Gasteiger partial charge is 0.455 e. The maximum atomic E-state index is 12.2. The van der Waals surface area contributed by atoms with E-state index in [0.29, 0.717) is 0 Å². The Hall–Kier alpha value is -1.57. The van der Waals surface area contributed by atoms with E-state index in [-0.39, 0.29) is 5.70 Å². The van der Waals surface area contributed by atoms with E-state index in [9.17, 15) is 14.7 Å². The Balaban J connectivity index is 2.31. The molecule has 0 aliphatic carbocycles. The van der Waals surface area contributed by atoms with Gasteiger partial charge in [-0.2, -0.15) is 0 Å². The highest BCUT2D eigenvalue weighted by molar-refractivity contribution is 9.09. The molecule has 0 spiro atoms. The lowest BCUT2D eigenvalue weighted by Crippen LogP contribution is -2.70. The standard InChI is InChI=1S/C12H15BrN4O4/c1-12(2,3)21-11(20)5-4-6(18)7(13)9-8(15-16-14)10(19)17(5)9/h4,6-9,18H,1-3H3/t6-,7+,8+,9-/m1/s1. The summed E-state index contributed by atoms with van der Waals surface area (Å²) in [7, 11) is 0. The lowest BCUT2D eigenvalue weighted by molar-refractivity contribution is -0.161. The van der Waals surface area contributed by atoms with Crippen molar-refractivity contribution in [2.75, 3.05) is 0 Å². The zero-order valence-corrected chi connectivity index (χ0v) is 13.3. The molecule has 0 aromatic rings. The molecule has 0 aromatic heterocycles. The summed E-state index contributed by atoms with van der Waals surface area (Å²) in [6.07, 6.45) is 0.284. The fourth-order valence-corrected chi connectivity index (χ4v) is 2.97. The van der Waals surface area contributed by atoms with Gasteiger partial charge in [-0.25, -0.2) is 4.79 Å². The van der Waals surface area contributed by atoms with Crippen molar-refractivity contribution in [2.24, 2.45) is 5.11 Å². The maximum Gasteiger partial charge on any atom is 0.355 e. The monoisotopic (exact) mass is 358 g/mol. The van der Waals surface area contributed by atoms with Crippen molar-refractivity contribution in [3.63, 3.8) is 0 Å². The highest BCUT2D eigenvalue weighted by atomic mass is 79.9. The molecule has 9 heteroatoms. The molecule has 1 fully saturated rings. The first-order chi connectivity index (χ1) is 9.67. The van der Waals surface area contributed by atoms with Crippen LogP contribution >= 0.6 is 15.9 Å². The summed E-state index contributed by atoms with van der Waals surface area (Å²) < 4.78 is 5.23. The number of rotatable bonds is 2. The minimum absolute atomic E-state index is 0.0208. The van der Waals surface area contributed by atoms with Gasteiger partial charge in [-0.15, -0.1) is 0 Å². The van der Waals surface area contributed by atoms with E-state index in [1.807, 2.05) is 0 Å². The SMILES string of the molecule is CC(C)(C)OC(=O)C1=C[C@@H](O)[C@H](Br)[C@@H]2[C@H](N=[N+]=[N-])C(=O)N12. The third-order valence-electron chi connectivity index (χ3n) is 3.14. The number of aliphatic hydroxyl groups excluding tert-OH is 1. The summed E-state index contributed by atoms with van der Waals surface area (Å²) in [5.74, 6) is -1.18. The summed E-state index contributed by atoms with van der Waals surface area (Å²) >= 11 is 3.26. The van der Waals surface area contributed by atoms with Gasteiger partial charge in [0.1, 0.15) is 17.3 Å². The molecule has 21 heavy (non-hydrogen) atoms. The van der Waals surface area contributed by atoms with Crippen LogP contribution in [0, 0.1) is 0 Å². The summed E-state index contributed by atoms with van der Waals surface area (Å²) in [5.41, 5.74) is 7.75. The van der Waals surface area contributed by atoms with Crippen molar-refractivity contribution in [1.82, 2.24) is 4.90 Å². The molecule has 0 saturated carbocycles. The Bertz CT molecular complexity index is 564. The van der Waals surface area contributed by atoms with Crippen LogP contribution in [0.5, 0.6) is 0 Å². The summed E-state index contributed by atoms with van der Waals surface area (Å²) in [6.45, 7) is 5.11. The van der Waals surface area contributed by atoms with Crippen LogP contribution in [0.15, 0.2) is 16.9 Å². The molecular formula is C12H15BrN4O4. The molecule has 1 N–H and O–H groups in total. The number of esters is 1. The van der Waals surface area contributed by atoms with Gasteiger partial charge in [0, 0.05) is 4.91 Å². The van der Waals surface area contributed by atoms with E-state index in [4.69, 9.17) is 10.3 Å². The number of halogens is 1. The first-order valence-corrected chi connectivity index (χ1v) is 7.23. The molecule has 4 atom stereocenters. The van der Waals surface area contributed by atoms with E-state index < -0.39 is 40.5 Å². The third kappa shape index (κ3) is 2.76. The average Bonchev–Trinajstić information content (AvgIpc) is 2.36. The molecule has 114 valence electrons. The fraction of sp³-hybridized carbons (Fsp3) is 0.667. The molecule has 0 bridgehead atoms. The van der Waals surface area contributed by atoms with Crippen LogP contribution < -0.4 is 0 Å². The number of β-lactam (4-membered cyclic amide) rings is 1. The lowest BCUT2D eigenvalue weighted by atomic mass is 9.86. The molecule has 0 radical (unpaired) electrons. The van der Waals surface area contributed by atoms with Crippen molar-refractivity contribution in [2.45, 2.75) is 49.4 Å². The first kappa shape index (κ1) is 15.8. The van der Waals surface area contributed by atoms with Crippen LogP contribution in [0.25, 0.3) is 10.4 Å². The number of fused-ring (bicyclic) bond motifs is 1. The zero-order chi connectivity index (χ0) is 15.9. The second kappa shape index (κ2) is 5.32. The summed E-state index contributed by atoms with van der Waals surface area (Å²) in [4.78, 5) is 27.5. The number of amides is 1. The van der Waals surface area contributed by atoms with Crippen LogP contribution in [0.1, 0.15) is 20.8 Å². The highest BCUT2D eigenvalue weighted by Gasteiger charge is 2.56. The van der Waals surface area contributed by atoms with E-state index in [1.165, 1.54) is 11.0 Å². The molecule has 1 amide bonds. The molecule has 0 aromatic carbocycles. The number of carbonyl (C=O) groups is 2. The van der Waals surface area contributed by atoms with Crippen LogP contribution in [0.2, 0.25) is 0 Å². The molecule has 0 unspecified atom stereocenters. The highest BCUT2D eigenvalue weighted by Crippen LogP contribution is 2.39. The van der Waals surface area contributed by atoms with Crippen molar-refractivity contribution in [3.05, 3.63) is 22.2 Å². The number of carbonyl (C=O) groups excluding carboxylic acids is 2. The van der Waals surface area contributed by atoms with E-state index in [0.717, 1.165) is 0 Å². The molecule has 2 rings (SSSR count). The van der Waals surface area contributed by atoms with Gasteiger partial charge in [0.05, 0.1) is 17.0 Å². The van der Waals surface area contributed by atoms with Crippen LogP contribution in [0.3, 0.4) is 0 Å². The van der Waals surface area contributed by atoms with Crippen molar-refractivity contribution >= 4 is 27.8 Å². The molecular weight excluding hydrogens is 344 g/mol. The van der Waals surface area contributed by atoms with Gasteiger partial charge in [-0.05, 0) is 32.4 Å². The Morgan fingerprint density at radius 1 is 1.57 bits per heavy atom. The quantitative estimate of drug-likeness (QED) is 0.199. The second-order valence-electron chi connectivity index (χ2n) is 5.84. The zero-order valence-electron chi connectivity index (χ0n) is 11.7. The molecule has 2 aliphatic heterocycles. The predicted molar refractivity (Wildman–Crippen MR) is 76.2 cm³/mol. The molecule has 2 heterocycles. The van der Waals surface area contributed by atoms with E-state index >= 15 is 0 Å².